The van der Waals surface area contributed by atoms with Gasteiger partial charge in [0.25, 0.3) is 5.91 Å². The van der Waals surface area contributed by atoms with Crippen LogP contribution < -0.4 is 4.74 Å². The minimum absolute atomic E-state index is 0.0158. The molecule has 1 fully saturated rings. The van der Waals surface area contributed by atoms with Gasteiger partial charge >= 0.3 is 0 Å². The van der Waals surface area contributed by atoms with E-state index in [9.17, 15) is 9.59 Å². The lowest BCUT2D eigenvalue weighted by molar-refractivity contribution is -0.136. The van der Waals surface area contributed by atoms with Crippen LogP contribution >= 0.6 is 0 Å². The molecule has 0 N–H and O–H groups in total. The van der Waals surface area contributed by atoms with Crippen molar-refractivity contribution in [3.05, 3.63) is 48.3 Å². The topological polar surface area (TPSA) is 67.7 Å². The Hall–Kier alpha value is -2.83. The second-order valence-corrected chi connectivity index (χ2v) is 7.07. The van der Waals surface area contributed by atoms with Crippen LogP contribution in [0.3, 0.4) is 0 Å². The summed E-state index contributed by atoms with van der Waals surface area (Å²) in [6.07, 6.45) is 4.95. The Bertz CT molecular complexity index is 773. The summed E-state index contributed by atoms with van der Waals surface area (Å²) >= 11 is 0. The summed E-state index contributed by atoms with van der Waals surface area (Å²) in [5.74, 6) is 0.709. The number of rotatable bonds is 6. The predicted octanol–water partition coefficient (Wildman–Crippen LogP) is 2.28. The molecule has 0 bridgehead atoms. The number of aryl methyl sites for hydroxylation is 1. The number of amides is 2. The number of nitrogens with zero attached hydrogens (tertiary/aromatic N) is 4. The molecule has 2 heterocycles. The third kappa shape index (κ3) is 4.91. The van der Waals surface area contributed by atoms with Gasteiger partial charge in [0.2, 0.25) is 5.91 Å². The van der Waals surface area contributed by atoms with Gasteiger partial charge in [-0.25, -0.2) is 0 Å². The zero-order valence-electron chi connectivity index (χ0n) is 16.6. The molecule has 3 rings (SSSR count). The molecule has 2 amide bonds. The maximum absolute atomic E-state index is 12.9. The van der Waals surface area contributed by atoms with Crippen molar-refractivity contribution in [2.45, 2.75) is 32.7 Å². The van der Waals surface area contributed by atoms with Crippen molar-refractivity contribution in [2.24, 2.45) is 0 Å². The van der Waals surface area contributed by atoms with Crippen molar-refractivity contribution in [1.82, 2.24) is 19.6 Å². The van der Waals surface area contributed by atoms with Crippen molar-refractivity contribution in [3.63, 3.8) is 0 Å². The maximum Gasteiger partial charge on any atom is 0.260 e. The fraction of sp³-hybridized carbons (Fsp3) is 0.476. The summed E-state index contributed by atoms with van der Waals surface area (Å²) in [6, 6.07) is 9.18. The monoisotopic (exact) mass is 384 g/mol. The highest BCUT2D eigenvalue weighted by Gasteiger charge is 2.27. The Labute approximate surface area is 165 Å². The van der Waals surface area contributed by atoms with Crippen molar-refractivity contribution >= 4 is 11.8 Å². The predicted molar refractivity (Wildman–Crippen MR) is 106 cm³/mol. The first kappa shape index (κ1) is 19.9. The van der Waals surface area contributed by atoms with E-state index in [2.05, 4.69) is 5.10 Å². The molecule has 7 heteroatoms. The minimum Gasteiger partial charge on any atom is -0.484 e. The van der Waals surface area contributed by atoms with E-state index in [1.165, 1.54) is 0 Å². The summed E-state index contributed by atoms with van der Waals surface area (Å²) in [5.41, 5.74) is 1.15. The van der Waals surface area contributed by atoms with Gasteiger partial charge in [-0.15, -0.1) is 0 Å². The molecule has 7 nitrogen and oxygen atoms in total. The molecule has 2 aromatic rings. The number of aromatic nitrogens is 2. The van der Waals surface area contributed by atoms with E-state index in [1.54, 1.807) is 15.8 Å². The molecule has 1 aliphatic rings. The maximum atomic E-state index is 12.9. The highest BCUT2D eigenvalue weighted by Crippen LogP contribution is 2.16. The van der Waals surface area contributed by atoms with Crippen molar-refractivity contribution in [2.75, 3.05) is 32.8 Å². The third-order valence-corrected chi connectivity index (χ3v) is 5.06. The smallest absolute Gasteiger partial charge is 0.260 e. The zero-order chi connectivity index (χ0) is 19.9. The van der Waals surface area contributed by atoms with E-state index < -0.39 is 0 Å². The molecule has 1 unspecified atom stereocenters. The molecule has 150 valence electrons. The van der Waals surface area contributed by atoms with Crippen LogP contribution in [0.2, 0.25) is 0 Å². The van der Waals surface area contributed by atoms with Crippen LogP contribution in [-0.2, 0) is 9.59 Å². The molecular formula is C21H28N4O3. The van der Waals surface area contributed by atoms with Gasteiger partial charge in [-0.1, -0.05) is 24.6 Å². The van der Waals surface area contributed by atoms with E-state index in [0.717, 1.165) is 12.0 Å². The Balaban J connectivity index is 1.53. The van der Waals surface area contributed by atoms with Crippen molar-refractivity contribution in [1.29, 1.82) is 0 Å². The Morgan fingerprint density at radius 3 is 2.50 bits per heavy atom. The fourth-order valence-electron chi connectivity index (χ4n) is 3.41. The van der Waals surface area contributed by atoms with Crippen LogP contribution in [0, 0.1) is 6.92 Å². The molecular weight excluding hydrogens is 356 g/mol. The molecule has 1 aliphatic heterocycles. The lowest BCUT2D eigenvalue weighted by Gasteiger charge is -2.26. The third-order valence-electron chi connectivity index (χ3n) is 5.06. The lowest BCUT2D eigenvalue weighted by atomic mass is 10.2. The molecule has 1 atom stereocenters. The molecule has 28 heavy (non-hydrogen) atoms. The summed E-state index contributed by atoms with van der Waals surface area (Å²) < 4.78 is 7.33. The zero-order valence-corrected chi connectivity index (χ0v) is 16.6. The van der Waals surface area contributed by atoms with Gasteiger partial charge in [-0.05, 0) is 38.0 Å². The Morgan fingerprint density at radius 2 is 1.82 bits per heavy atom. The average molecular weight is 384 g/mol. The van der Waals surface area contributed by atoms with Crippen LogP contribution in [-0.4, -0.2) is 64.2 Å². The molecule has 0 aliphatic carbocycles. The summed E-state index contributed by atoms with van der Waals surface area (Å²) in [4.78, 5) is 29.1. The molecule has 0 radical (unpaired) electrons. The van der Waals surface area contributed by atoms with Crippen LogP contribution in [0.5, 0.6) is 5.75 Å². The average Bonchev–Trinajstić information content (AvgIpc) is 3.11. The molecule has 0 saturated carbocycles. The quantitative estimate of drug-likeness (QED) is 0.766. The first-order valence-corrected chi connectivity index (χ1v) is 9.83. The van der Waals surface area contributed by atoms with Crippen molar-refractivity contribution < 1.29 is 14.3 Å². The fourth-order valence-corrected chi connectivity index (χ4v) is 3.41. The second-order valence-electron chi connectivity index (χ2n) is 7.07. The highest BCUT2D eigenvalue weighted by atomic mass is 16.5. The molecule has 1 saturated heterocycles. The summed E-state index contributed by atoms with van der Waals surface area (Å²) in [5, 5.41) is 4.22. The van der Waals surface area contributed by atoms with Gasteiger partial charge in [0, 0.05) is 38.6 Å². The first-order chi connectivity index (χ1) is 13.6. The number of ether oxygens (including phenoxy) is 1. The largest absolute Gasteiger partial charge is 0.484 e. The van der Waals surface area contributed by atoms with Crippen molar-refractivity contribution in [3.8, 4) is 5.75 Å². The van der Waals surface area contributed by atoms with Gasteiger partial charge in [-0.2, -0.15) is 5.10 Å². The highest BCUT2D eigenvalue weighted by molar-refractivity contribution is 5.81. The molecule has 1 aromatic carbocycles. The van der Waals surface area contributed by atoms with Crippen LogP contribution in [0.4, 0.5) is 0 Å². The van der Waals surface area contributed by atoms with E-state index in [1.807, 2.05) is 55.3 Å². The summed E-state index contributed by atoms with van der Waals surface area (Å²) in [6.45, 7) is 6.36. The number of hydrogen-bond donors (Lipinski definition) is 0. The lowest BCUT2D eigenvalue weighted by Crippen LogP contribution is -2.41. The van der Waals surface area contributed by atoms with Crippen LogP contribution in [0.15, 0.2) is 42.7 Å². The van der Waals surface area contributed by atoms with Crippen LogP contribution in [0.1, 0.15) is 31.4 Å². The SMILES string of the molecule is CCC(C(=O)N1CCCN(C(=O)COc2ccc(C)cc2)CC1)n1cccn1. The van der Waals surface area contributed by atoms with E-state index in [4.69, 9.17) is 4.74 Å². The number of carbonyl (C=O) groups is 2. The van der Waals surface area contributed by atoms with E-state index >= 15 is 0 Å². The van der Waals surface area contributed by atoms with Gasteiger partial charge in [0.05, 0.1) is 0 Å². The Kier molecular flexibility index (Phi) is 6.68. The minimum atomic E-state index is -0.290. The number of hydrogen-bond acceptors (Lipinski definition) is 4. The molecule has 0 spiro atoms. The summed E-state index contributed by atoms with van der Waals surface area (Å²) in [7, 11) is 0. The number of benzene rings is 1. The number of carbonyl (C=O) groups excluding carboxylic acids is 2. The second kappa shape index (κ2) is 9.39. The van der Waals surface area contributed by atoms with Gasteiger partial charge in [-0.3, -0.25) is 14.3 Å². The van der Waals surface area contributed by atoms with Gasteiger partial charge in [0.1, 0.15) is 11.8 Å². The standard InChI is InChI=1S/C21H28N4O3/c1-3-19(25-13-4-10-22-25)21(27)24-12-5-11-23(14-15-24)20(26)16-28-18-8-6-17(2)7-9-18/h4,6-10,13,19H,3,5,11-12,14-16H2,1-2H3. The van der Waals surface area contributed by atoms with Crippen LogP contribution in [0.25, 0.3) is 0 Å². The van der Waals surface area contributed by atoms with Gasteiger partial charge < -0.3 is 14.5 Å². The van der Waals surface area contributed by atoms with E-state index in [0.29, 0.717) is 38.3 Å². The Morgan fingerprint density at radius 1 is 1.11 bits per heavy atom. The van der Waals surface area contributed by atoms with Gasteiger partial charge in [0.15, 0.2) is 6.61 Å². The first-order valence-electron chi connectivity index (χ1n) is 9.83. The normalized spacial score (nSPS) is 15.8. The molecule has 1 aromatic heterocycles. The van der Waals surface area contributed by atoms with E-state index in [-0.39, 0.29) is 24.5 Å².